The minimum atomic E-state index is 0.642. The highest BCUT2D eigenvalue weighted by Gasteiger charge is 2.16. The molecule has 0 radical (unpaired) electrons. The number of hydrogen-bond acceptors (Lipinski definition) is 1. The van der Waals surface area contributed by atoms with E-state index in [2.05, 4.69) is 117 Å². The number of fused-ring (bicyclic) bond motifs is 6. The van der Waals surface area contributed by atoms with Crippen molar-refractivity contribution in [3.8, 4) is 28.6 Å². The van der Waals surface area contributed by atoms with Gasteiger partial charge in [-0.15, -0.1) is 0 Å². The van der Waals surface area contributed by atoms with Crippen LogP contribution in [0.25, 0.3) is 71.0 Å². The van der Waals surface area contributed by atoms with Gasteiger partial charge < -0.3 is 9.13 Å². The summed E-state index contributed by atoms with van der Waals surface area (Å²) in [5.74, 6) is 0. The Balaban J connectivity index is 1.33. The molecule has 0 spiro atoms. The lowest BCUT2D eigenvalue weighted by Gasteiger charge is -2.11. The molecule has 0 unspecified atom stereocenters. The average Bonchev–Trinajstić information content (AvgIpc) is 3.57. The van der Waals surface area contributed by atoms with Crippen LogP contribution in [0.5, 0.6) is 0 Å². The zero-order chi connectivity index (χ0) is 28.2. The van der Waals surface area contributed by atoms with Gasteiger partial charge in [-0.3, -0.25) is 0 Å². The Kier molecular flexibility index (Phi) is 5.22. The van der Waals surface area contributed by atoms with Crippen LogP contribution in [0.1, 0.15) is 5.56 Å². The second kappa shape index (κ2) is 9.24. The molecule has 4 heteroatoms. The van der Waals surface area contributed by atoms with Crippen molar-refractivity contribution >= 4 is 49.3 Å². The van der Waals surface area contributed by atoms with Crippen molar-refractivity contribution in [2.75, 3.05) is 0 Å². The number of nitrogens with zero attached hydrogens (tertiary/aromatic N) is 4. The summed E-state index contributed by atoms with van der Waals surface area (Å²) in [7, 11) is 0. The summed E-state index contributed by atoms with van der Waals surface area (Å²) in [5.41, 5.74) is 10.1. The minimum Gasteiger partial charge on any atom is -0.309 e. The van der Waals surface area contributed by atoms with Crippen LogP contribution in [-0.2, 0) is 0 Å². The lowest BCUT2D eigenvalue weighted by molar-refractivity contribution is 1.16. The van der Waals surface area contributed by atoms with Gasteiger partial charge in [-0.25, -0.2) is 4.85 Å². The first kappa shape index (κ1) is 23.8. The third-order valence-corrected chi connectivity index (χ3v) is 8.15. The summed E-state index contributed by atoms with van der Waals surface area (Å²) < 4.78 is 4.61. The molecule has 194 valence electrons. The molecule has 8 rings (SSSR count). The van der Waals surface area contributed by atoms with Gasteiger partial charge in [0.05, 0.1) is 40.3 Å². The van der Waals surface area contributed by atoms with Gasteiger partial charge in [0.2, 0.25) is 0 Å². The Labute approximate surface area is 242 Å². The van der Waals surface area contributed by atoms with Crippen LogP contribution >= 0.6 is 0 Å². The molecular weight excluding hydrogens is 512 g/mol. The third-order valence-electron chi connectivity index (χ3n) is 8.15. The van der Waals surface area contributed by atoms with Crippen molar-refractivity contribution < 1.29 is 0 Å². The molecule has 0 N–H and O–H groups in total. The summed E-state index contributed by atoms with van der Waals surface area (Å²) >= 11 is 0. The summed E-state index contributed by atoms with van der Waals surface area (Å²) in [6.45, 7) is 7.35. The van der Waals surface area contributed by atoms with E-state index in [1.165, 1.54) is 10.8 Å². The monoisotopic (exact) mass is 534 g/mol. The molecule has 2 heterocycles. The van der Waals surface area contributed by atoms with E-state index >= 15 is 0 Å². The van der Waals surface area contributed by atoms with E-state index in [4.69, 9.17) is 6.57 Å². The molecule has 0 aliphatic heterocycles. The van der Waals surface area contributed by atoms with Crippen LogP contribution in [0.4, 0.5) is 5.69 Å². The van der Waals surface area contributed by atoms with Crippen LogP contribution in [0.2, 0.25) is 0 Å². The van der Waals surface area contributed by atoms with E-state index in [1.54, 1.807) is 0 Å². The van der Waals surface area contributed by atoms with Crippen LogP contribution in [0, 0.1) is 17.9 Å². The van der Waals surface area contributed by atoms with E-state index in [9.17, 15) is 5.26 Å². The Morgan fingerprint density at radius 2 is 1.10 bits per heavy atom. The average molecular weight is 535 g/mol. The molecular formula is C38H22N4. The van der Waals surface area contributed by atoms with Gasteiger partial charge >= 0.3 is 0 Å². The van der Waals surface area contributed by atoms with E-state index < -0.39 is 0 Å². The zero-order valence-electron chi connectivity index (χ0n) is 22.5. The second-order valence-electron chi connectivity index (χ2n) is 10.5. The second-order valence-corrected chi connectivity index (χ2v) is 10.5. The molecule has 42 heavy (non-hydrogen) atoms. The van der Waals surface area contributed by atoms with Crippen molar-refractivity contribution in [2.45, 2.75) is 0 Å². The summed E-state index contributed by atoms with van der Waals surface area (Å²) in [4.78, 5) is 3.58. The van der Waals surface area contributed by atoms with Crippen molar-refractivity contribution in [1.29, 1.82) is 5.26 Å². The maximum atomic E-state index is 9.53. The van der Waals surface area contributed by atoms with Crippen molar-refractivity contribution in [2.24, 2.45) is 0 Å². The molecule has 0 aliphatic carbocycles. The Hall–Kier alpha value is -6.10. The highest BCUT2D eigenvalue weighted by molar-refractivity contribution is 6.12. The van der Waals surface area contributed by atoms with Gasteiger partial charge in [0, 0.05) is 32.9 Å². The molecule has 0 bridgehead atoms. The first-order chi connectivity index (χ1) is 20.7. The molecule has 4 nitrogen and oxygen atoms in total. The van der Waals surface area contributed by atoms with E-state index in [0.29, 0.717) is 11.3 Å². The highest BCUT2D eigenvalue weighted by Crippen LogP contribution is 2.37. The summed E-state index contributed by atoms with van der Waals surface area (Å²) in [6, 6.07) is 48.1. The first-order valence-corrected chi connectivity index (χ1v) is 13.8. The fourth-order valence-corrected chi connectivity index (χ4v) is 6.26. The van der Waals surface area contributed by atoms with Crippen LogP contribution < -0.4 is 0 Å². The Bertz CT molecular complexity index is 2430. The van der Waals surface area contributed by atoms with Crippen LogP contribution in [0.15, 0.2) is 133 Å². The van der Waals surface area contributed by atoms with Gasteiger partial charge in [-0.05, 0) is 77.9 Å². The number of rotatable bonds is 3. The van der Waals surface area contributed by atoms with Crippen molar-refractivity contribution in [3.05, 3.63) is 150 Å². The van der Waals surface area contributed by atoms with Crippen molar-refractivity contribution in [1.82, 2.24) is 9.13 Å². The van der Waals surface area contributed by atoms with Crippen molar-refractivity contribution in [3.63, 3.8) is 0 Å². The minimum absolute atomic E-state index is 0.642. The number of hydrogen-bond donors (Lipinski definition) is 0. The molecule has 0 saturated heterocycles. The third kappa shape index (κ3) is 3.53. The molecule has 8 aromatic rings. The largest absolute Gasteiger partial charge is 0.309 e. The molecule has 0 atom stereocenters. The van der Waals surface area contributed by atoms with Gasteiger partial charge in [0.1, 0.15) is 0 Å². The molecule has 0 fully saturated rings. The lowest BCUT2D eigenvalue weighted by Crippen LogP contribution is -1.96. The summed E-state index contributed by atoms with van der Waals surface area (Å²) in [5, 5.41) is 14.1. The fourth-order valence-electron chi connectivity index (χ4n) is 6.26. The van der Waals surface area contributed by atoms with Crippen LogP contribution in [-0.4, -0.2) is 9.13 Å². The number of benzene rings is 6. The highest BCUT2D eigenvalue weighted by atomic mass is 15.0. The van der Waals surface area contributed by atoms with Gasteiger partial charge in [-0.2, -0.15) is 5.26 Å². The maximum absolute atomic E-state index is 9.53. The van der Waals surface area contributed by atoms with E-state index in [0.717, 1.165) is 55.3 Å². The molecule has 2 aromatic heterocycles. The van der Waals surface area contributed by atoms with Crippen LogP contribution in [0.3, 0.4) is 0 Å². The Morgan fingerprint density at radius 3 is 1.79 bits per heavy atom. The smallest absolute Gasteiger partial charge is 0.187 e. The zero-order valence-corrected chi connectivity index (χ0v) is 22.5. The predicted molar refractivity (Wildman–Crippen MR) is 172 cm³/mol. The normalized spacial score (nSPS) is 11.3. The first-order valence-electron chi connectivity index (χ1n) is 13.8. The maximum Gasteiger partial charge on any atom is 0.187 e. The van der Waals surface area contributed by atoms with Gasteiger partial charge in [0.15, 0.2) is 5.69 Å². The van der Waals surface area contributed by atoms with E-state index in [-0.39, 0.29) is 0 Å². The predicted octanol–water partition coefficient (Wildman–Crippen LogP) is 9.97. The lowest BCUT2D eigenvalue weighted by atomic mass is 10.0. The summed E-state index contributed by atoms with van der Waals surface area (Å²) in [6.07, 6.45) is 0. The standard InChI is InChI=1S/C38H22N4/c1-40-28-8-6-7-27(22-28)26-14-16-29(17-15-26)41-35-11-4-3-10-32(35)34-23-30(18-20-38(34)41)42-36-12-5-2-9-31(36)33-21-25(24-39)13-19-37(33)42/h2-23H. The molecule has 0 saturated carbocycles. The molecule has 6 aromatic carbocycles. The van der Waals surface area contributed by atoms with E-state index in [1.807, 2.05) is 36.4 Å². The quantitative estimate of drug-likeness (QED) is 0.208. The molecule has 0 aliphatic rings. The Morgan fingerprint density at radius 1 is 0.500 bits per heavy atom. The number of aromatic nitrogens is 2. The van der Waals surface area contributed by atoms with Gasteiger partial charge in [-0.1, -0.05) is 66.7 Å². The molecule has 0 amide bonds. The van der Waals surface area contributed by atoms with Gasteiger partial charge in [0.25, 0.3) is 0 Å². The SMILES string of the molecule is [C-]#[N+]c1cccc(-c2ccc(-n3c4ccccc4c4cc(-n5c6ccccc6c6cc(C#N)ccc65)ccc43)cc2)c1. The fraction of sp³-hybridized carbons (Fsp3) is 0. The number of para-hydroxylation sites is 2. The topological polar surface area (TPSA) is 38.0 Å². The number of nitriles is 1.